The Labute approximate surface area is 195 Å². The van der Waals surface area contributed by atoms with Gasteiger partial charge in [0.15, 0.2) is 0 Å². The molecule has 0 radical (unpaired) electrons. The number of carbonyl (C=O) groups is 1. The third kappa shape index (κ3) is 10.4. The van der Waals surface area contributed by atoms with Crippen molar-refractivity contribution in [2.75, 3.05) is 52.5 Å². The standard InChI is InChI=1S/C23H45N3O5S/c1-23(2,3)31-22(27)24-13-8-4-5-9-15-26(32(28,29)21-11-6-7-12-21)16-10-14-25-17-19-30-20-18-25/h21H,4-20H2,1-3H3,(H,24,27). The monoisotopic (exact) mass is 475 g/mol. The second kappa shape index (κ2) is 13.7. The number of morpholine rings is 1. The minimum Gasteiger partial charge on any atom is -0.444 e. The molecule has 8 nitrogen and oxygen atoms in total. The molecule has 0 aromatic rings. The number of hydrogen-bond acceptors (Lipinski definition) is 6. The first-order valence-corrected chi connectivity index (χ1v) is 13.9. The van der Waals surface area contributed by atoms with E-state index in [9.17, 15) is 13.2 Å². The van der Waals surface area contributed by atoms with E-state index in [1.807, 2.05) is 20.8 Å². The molecule has 0 bridgehead atoms. The summed E-state index contributed by atoms with van der Waals surface area (Å²) in [5.41, 5.74) is -0.486. The van der Waals surface area contributed by atoms with Crippen LogP contribution in [0.4, 0.5) is 4.79 Å². The highest BCUT2D eigenvalue weighted by molar-refractivity contribution is 7.89. The smallest absolute Gasteiger partial charge is 0.407 e. The Bertz CT molecular complexity index is 639. The minimum atomic E-state index is -3.21. The van der Waals surface area contributed by atoms with Crippen LogP contribution in [0.3, 0.4) is 0 Å². The summed E-state index contributed by atoms with van der Waals surface area (Å²) < 4.78 is 38.8. The van der Waals surface area contributed by atoms with Gasteiger partial charge in [-0.15, -0.1) is 0 Å². The first kappa shape index (κ1) is 27.3. The SMILES string of the molecule is CC(C)(C)OC(=O)NCCCCCCN(CCCN1CCOCC1)S(=O)(=O)C1CCCC1. The van der Waals surface area contributed by atoms with Gasteiger partial charge in [0, 0.05) is 32.7 Å². The molecule has 0 unspecified atom stereocenters. The average Bonchev–Trinajstić information content (AvgIpc) is 3.27. The zero-order valence-electron chi connectivity index (χ0n) is 20.4. The summed E-state index contributed by atoms with van der Waals surface area (Å²) in [5.74, 6) is 0. The van der Waals surface area contributed by atoms with Crippen LogP contribution in [0.2, 0.25) is 0 Å². The number of rotatable bonds is 13. The maximum absolute atomic E-state index is 13.2. The molecule has 0 aromatic heterocycles. The van der Waals surface area contributed by atoms with Crippen LogP contribution < -0.4 is 5.32 Å². The third-order valence-electron chi connectivity index (χ3n) is 6.07. The van der Waals surface area contributed by atoms with Gasteiger partial charge in [0.05, 0.1) is 18.5 Å². The number of nitrogens with one attached hydrogen (secondary N) is 1. The lowest BCUT2D eigenvalue weighted by molar-refractivity contribution is 0.0369. The largest absolute Gasteiger partial charge is 0.444 e. The molecular formula is C23H45N3O5S. The van der Waals surface area contributed by atoms with E-state index in [2.05, 4.69) is 10.2 Å². The van der Waals surface area contributed by atoms with Crippen LogP contribution in [0, 0.1) is 0 Å². The normalized spacial score (nSPS) is 18.9. The number of amides is 1. The molecule has 1 heterocycles. The van der Waals surface area contributed by atoms with Gasteiger partial charge in [0.2, 0.25) is 10.0 Å². The van der Waals surface area contributed by atoms with E-state index in [4.69, 9.17) is 9.47 Å². The van der Waals surface area contributed by atoms with Gasteiger partial charge in [-0.05, 0) is 59.4 Å². The van der Waals surface area contributed by atoms with Gasteiger partial charge in [-0.25, -0.2) is 17.5 Å². The zero-order chi connectivity index (χ0) is 23.5. The summed E-state index contributed by atoms with van der Waals surface area (Å²) >= 11 is 0. The van der Waals surface area contributed by atoms with Gasteiger partial charge >= 0.3 is 6.09 Å². The highest BCUT2D eigenvalue weighted by Crippen LogP contribution is 2.27. The van der Waals surface area contributed by atoms with Crippen molar-refractivity contribution < 1.29 is 22.7 Å². The lowest BCUT2D eigenvalue weighted by atomic mass is 10.2. The van der Waals surface area contributed by atoms with Crippen LogP contribution >= 0.6 is 0 Å². The number of sulfonamides is 1. The topological polar surface area (TPSA) is 88.2 Å². The maximum atomic E-state index is 13.2. The van der Waals surface area contributed by atoms with Crippen molar-refractivity contribution in [2.24, 2.45) is 0 Å². The number of ether oxygens (including phenoxy) is 2. The van der Waals surface area contributed by atoms with Gasteiger partial charge in [-0.1, -0.05) is 25.7 Å². The summed E-state index contributed by atoms with van der Waals surface area (Å²) in [6.07, 6.45) is 7.78. The van der Waals surface area contributed by atoms with Gasteiger partial charge in [-0.3, -0.25) is 4.90 Å². The Kier molecular flexibility index (Phi) is 11.7. The summed E-state index contributed by atoms with van der Waals surface area (Å²) in [6.45, 7) is 11.7. The highest BCUT2D eigenvalue weighted by atomic mass is 32.2. The number of alkyl carbamates (subject to hydrolysis) is 1. The molecule has 0 atom stereocenters. The lowest BCUT2D eigenvalue weighted by Crippen LogP contribution is -2.41. The van der Waals surface area contributed by atoms with E-state index in [1.54, 1.807) is 4.31 Å². The predicted molar refractivity (Wildman–Crippen MR) is 127 cm³/mol. The van der Waals surface area contributed by atoms with E-state index in [-0.39, 0.29) is 11.3 Å². The van der Waals surface area contributed by atoms with Crippen molar-refractivity contribution in [2.45, 2.75) is 89.4 Å². The van der Waals surface area contributed by atoms with Crippen LogP contribution in [0.1, 0.15) is 78.6 Å². The van der Waals surface area contributed by atoms with Crippen LogP contribution in [0.15, 0.2) is 0 Å². The Morgan fingerprint density at radius 3 is 2.31 bits per heavy atom. The van der Waals surface area contributed by atoms with E-state index in [0.717, 1.165) is 90.6 Å². The van der Waals surface area contributed by atoms with Crippen molar-refractivity contribution >= 4 is 16.1 Å². The fourth-order valence-electron chi connectivity index (χ4n) is 4.33. The molecule has 1 amide bonds. The van der Waals surface area contributed by atoms with Crippen molar-refractivity contribution in [3.05, 3.63) is 0 Å². The molecule has 2 aliphatic rings. The molecule has 1 N–H and O–H groups in total. The van der Waals surface area contributed by atoms with Crippen molar-refractivity contribution in [1.82, 2.24) is 14.5 Å². The summed E-state index contributed by atoms with van der Waals surface area (Å²) in [5, 5.41) is 2.59. The van der Waals surface area contributed by atoms with Crippen LogP contribution in [-0.4, -0.2) is 87.0 Å². The quantitative estimate of drug-likeness (QED) is 0.411. The van der Waals surface area contributed by atoms with E-state index in [1.165, 1.54) is 0 Å². The van der Waals surface area contributed by atoms with Gasteiger partial charge in [0.25, 0.3) is 0 Å². The van der Waals surface area contributed by atoms with E-state index >= 15 is 0 Å². The Morgan fingerprint density at radius 2 is 1.66 bits per heavy atom. The maximum Gasteiger partial charge on any atom is 0.407 e. The first-order chi connectivity index (χ1) is 15.2. The molecule has 0 aromatic carbocycles. The second-order valence-electron chi connectivity index (χ2n) is 10.0. The van der Waals surface area contributed by atoms with Crippen LogP contribution in [-0.2, 0) is 19.5 Å². The predicted octanol–water partition coefficient (Wildman–Crippen LogP) is 3.37. The Morgan fingerprint density at radius 1 is 1.03 bits per heavy atom. The number of hydrogen-bond donors (Lipinski definition) is 1. The summed E-state index contributed by atoms with van der Waals surface area (Å²) in [7, 11) is -3.21. The van der Waals surface area contributed by atoms with E-state index in [0.29, 0.717) is 19.6 Å². The van der Waals surface area contributed by atoms with Gasteiger partial charge in [0.1, 0.15) is 5.60 Å². The van der Waals surface area contributed by atoms with Crippen LogP contribution in [0.5, 0.6) is 0 Å². The molecular weight excluding hydrogens is 430 g/mol. The first-order valence-electron chi connectivity index (χ1n) is 12.4. The molecule has 1 aliphatic heterocycles. The third-order valence-corrected chi connectivity index (χ3v) is 8.47. The minimum absolute atomic E-state index is 0.191. The zero-order valence-corrected chi connectivity index (χ0v) is 21.3. The molecule has 32 heavy (non-hydrogen) atoms. The fourth-order valence-corrected chi connectivity index (χ4v) is 6.45. The van der Waals surface area contributed by atoms with Crippen molar-refractivity contribution in [3.63, 3.8) is 0 Å². The molecule has 2 fully saturated rings. The molecule has 2 rings (SSSR count). The summed E-state index contributed by atoms with van der Waals surface area (Å²) in [4.78, 5) is 14.0. The molecule has 9 heteroatoms. The molecule has 188 valence electrons. The van der Waals surface area contributed by atoms with Crippen molar-refractivity contribution in [1.29, 1.82) is 0 Å². The number of unbranched alkanes of at least 4 members (excludes halogenated alkanes) is 3. The van der Waals surface area contributed by atoms with Crippen molar-refractivity contribution in [3.8, 4) is 0 Å². The van der Waals surface area contributed by atoms with Gasteiger partial charge < -0.3 is 14.8 Å². The molecule has 0 spiro atoms. The second-order valence-corrected chi connectivity index (χ2v) is 12.2. The van der Waals surface area contributed by atoms with E-state index < -0.39 is 15.6 Å². The Balaban J connectivity index is 1.70. The number of nitrogens with zero attached hydrogens (tertiary/aromatic N) is 2. The lowest BCUT2D eigenvalue weighted by Gasteiger charge is -2.29. The molecule has 1 aliphatic carbocycles. The number of carbonyl (C=O) groups excluding carboxylic acids is 1. The fraction of sp³-hybridized carbons (Fsp3) is 0.957. The summed E-state index contributed by atoms with van der Waals surface area (Å²) in [6, 6.07) is 0. The van der Waals surface area contributed by atoms with Crippen LogP contribution in [0.25, 0.3) is 0 Å². The highest BCUT2D eigenvalue weighted by Gasteiger charge is 2.33. The molecule has 1 saturated heterocycles. The molecule has 1 saturated carbocycles. The van der Waals surface area contributed by atoms with Gasteiger partial charge in [-0.2, -0.15) is 0 Å². The average molecular weight is 476 g/mol. The Hall–Kier alpha value is -0.900.